The minimum Gasteiger partial charge on any atom is -0.331 e. The molecule has 3 aromatic rings. The fraction of sp³-hybridized carbons (Fsp3) is 0.167. The second-order valence-electron chi connectivity index (χ2n) is 5.61. The number of nitrogens with one attached hydrogen (secondary N) is 3. The van der Waals surface area contributed by atoms with Crippen LogP contribution in [0.15, 0.2) is 46.8 Å². The Hall–Kier alpha value is -2.16. The second-order valence-corrected chi connectivity index (χ2v) is 8.27. The normalized spacial score (nSPS) is 10.5. The number of hydrazine groups is 1. The molecule has 0 aliphatic rings. The highest BCUT2D eigenvalue weighted by Crippen LogP contribution is 2.28. The Morgan fingerprint density at radius 1 is 1.15 bits per heavy atom. The number of anilines is 1. The third-order valence-corrected chi connectivity index (χ3v) is 6.15. The molecule has 3 rings (SSSR count). The third-order valence-electron chi connectivity index (χ3n) is 3.77. The van der Waals surface area contributed by atoms with Gasteiger partial charge >= 0.3 is 0 Å². The molecule has 0 saturated heterocycles. The first-order valence-corrected chi connectivity index (χ1v) is 10.1. The van der Waals surface area contributed by atoms with Crippen LogP contribution in [0.25, 0.3) is 10.2 Å². The number of benzene rings is 2. The van der Waals surface area contributed by atoms with Gasteiger partial charge in [0.2, 0.25) is 5.91 Å². The number of fused-ring (bicyclic) bond motifs is 1. The summed E-state index contributed by atoms with van der Waals surface area (Å²) in [4.78, 5) is 16.5. The SMILES string of the molecule is Cc1cccc(NC(=S)NNC(=O)CSc2nc3ccccc3s2)c1C. The van der Waals surface area contributed by atoms with Gasteiger partial charge in [0.15, 0.2) is 9.45 Å². The number of amides is 1. The number of carbonyl (C=O) groups excluding carboxylic acids is 1. The van der Waals surface area contributed by atoms with Crippen molar-refractivity contribution in [2.24, 2.45) is 0 Å². The van der Waals surface area contributed by atoms with Crippen molar-refractivity contribution < 1.29 is 4.79 Å². The van der Waals surface area contributed by atoms with Crippen molar-refractivity contribution in [3.63, 3.8) is 0 Å². The number of thiocarbonyl (C=S) groups is 1. The molecule has 0 atom stereocenters. The van der Waals surface area contributed by atoms with Gasteiger partial charge in [0.05, 0.1) is 16.0 Å². The Labute approximate surface area is 165 Å². The number of nitrogens with zero attached hydrogens (tertiary/aromatic N) is 1. The predicted molar refractivity (Wildman–Crippen MR) is 114 cm³/mol. The minimum absolute atomic E-state index is 0.167. The standard InChI is InChI=1S/C18H18N4OS3/c1-11-6-5-8-13(12(11)2)19-17(24)22-21-16(23)10-25-18-20-14-7-3-4-9-15(14)26-18/h3-9H,10H2,1-2H3,(H,21,23)(H2,19,22,24). The molecule has 1 amide bonds. The van der Waals surface area contributed by atoms with E-state index in [0.29, 0.717) is 5.11 Å². The van der Waals surface area contributed by atoms with E-state index < -0.39 is 0 Å². The summed E-state index contributed by atoms with van der Waals surface area (Å²) in [5.74, 6) is 0.0956. The molecule has 1 aromatic heterocycles. The fourth-order valence-electron chi connectivity index (χ4n) is 2.24. The summed E-state index contributed by atoms with van der Waals surface area (Å²) in [6.07, 6.45) is 0. The van der Waals surface area contributed by atoms with Crippen LogP contribution < -0.4 is 16.2 Å². The zero-order valence-electron chi connectivity index (χ0n) is 14.3. The van der Waals surface area contributed by atoms with Gasteiger partial charge in [-0.15, -0.1) is 11.3 Å². The lowest BCUT2D eigenvalue weighted by Gasteiger charge is -2.14. The Morgan fingerprint density at radius 2 is 1.96 bits per heavy atom. The van der Waals surface area contributed by atoms with Gasteiger partial charge in [0, 0.05) is 5.69 Å². The molecule has 0 fully saturated rings. The molecule has 0 bridgehead atoms. The molecule has 5 nitrogen and oxygen atoms in total. The first-order valence-electron chi connectivity index (χ1n) is 7.93. The van der Waals surface area contributed by atoms with Gasteiger partial charge in [-0.1, -0.05) is 36.0 Å². The minimum atomic E-state index is -0.167. The maximum absolute atomic E-state index is 12.0. The number of thioether (sulfide) groups is 1. The Morgan fingerprint density at radius 3 is 2.77 bits per heavy atom. The summed E-state index contributed by atoms with van der Waals surface area (Å²) >= 11 is 8.21. The summed E-state index contributed by atoms with van der Waals surface area (Å²) in [6, 6.07) is 13.9. The van der Waals surface area contributed by atoms with Crippen molar-refractivity contribution in [2.45, 2.75) is 18.2 Å². The van der Waals surface area contributed by atoms with Crippen LogP contribution >= 0.6 is 35.3 Å². The highest BCUT2D eigenvalue weighted by Gasteiger charge is 2.08. The Balaban J connectivity index is 1.46. The van der Waals surface area contributed by atoms with Crippen molar-refractivity contribution in [1.82, 2.24) is 15.8 Å². The molecule has 0 saturated carbocycles. The van der Waals surface area contributed by atoms with Crippen LogP contribution in [0.5, 0.6) is 0 Å². The molecule has 2 aromatic carbocycles. The summed E-state index contributed by atoms with van der Waals surface area (Å²) < 4.78 is 1.99. The molecule has 0 spiro atoms. The van der Waals surface area contributed by atoms with Gasteiger partial charge in [-0.25, -0.2) is 4.98 Å². The zero-order valence-corrected chi connectivity index (χ0v) is 16.8. The summed E-state index contributed by atoms with van der Waals surface area (Å²) in [6.45, 7) is 4.06. The van der Waals surface area contributed by atoms with E-state index in [0.717, 1.165) is 25.8 Å². The van der Waals surface area contributed by atoms with Gasteiger partial charge in [0.25, 0.3) is 0 Å². The summed E-state index contributed by atoms with van der Waals surface area (Å²) in [5.41, 5.74) is 9.50. The maximum Gasteiger partial charge on any atom is 0.248 e. The topological polar surface area (TPSA) is 66.0 Å². The van der Waals surface area contributed by atoms with Gasteiger partial charge in [0.1, 0.15) is 0 Å². The number of rotatable bonds is 4. The van der Waals surface area contributed by atoms with Gasteiger partial charge in [-0.2, -0.15) is 0 Å². The average molecular weight is 403 g/mol. The van der Waals surface area contributed by atoms with Crippen molar-refractivity contribution in [1.29, 1.82) is 0 Å². The Bertz CT molecular complexity index is 922. The van der Waals surface area contributed by atoms with E-state index in [1.165, 1.54) is 17.3 Å². The van der Waals surface area contributed by atoms with E-state index in [-0.39, 0.29) is 11.7 Å². The molecule has 0 unspecified atom stereocenters. The van der Waals surface area contributed by atoms with Crippen LogP contribution in [0.3, 0.4) is 0 Å². The van der Waals surface area contributed by atoms with Crippen molar-refractivity contribution in [2.75, 3.05) is 11.1 Å². The summed E-state index contributed by atoms with van der Waals surface area (Å²) in [5, 5.41) is 3.43. The molecule has 0 aliphatic carbocycles. The van der Waals surface area contributed by atoms with E-state index >= 15 is 0 Å². The quantitative estimate of drug-likeness (QED) is 0.348. The van der Waals surface area contributed by atoms with Crippen molar-refractivity contribution >= 4 is 62.2 Å². The Kier molecular flexibility index (Phi) is 6.08. The van der Waals surface area contributed by atoms with Crippen LogP contribution in [0.1, 0.15) is 11.1 Å². The number of thiazole rings is 1. The number of aryl methyl sites for hydroxylation is 1. The molecule has 3 N–H and O–H groups in total. The molecule has 0 radical (unpaired) electrons. The highest BCUT2D eigenvalue weighted by atomic mass is 32.2. The van der Waals surface area contributed by atoms with E-state index in [2.05, 4.69) is 21.2 Å². The molecular formula is C18H18N4OS3. The smallest absolute Gasteiger partial charge is 0.248 e. The number of para-hydroxylation sites is 1. The molecule has 26 heavy (non-hydrogen) atoms. The number of hydrogen-bond donors (Lipinski definition) is 3. The highest BCUT2D eigenvalue weighted by molar-refractivity contribution is 8.01. The lowest BCUT2D eigenvalue weighted by Crippen LogP contribution is -2.44. The van der Waals surface area contributed by atoms with Crippen LogP contribution in [0.2, 0.25) is 0 Å². The largest absolute Gasteiger partial charge is 0.331 e. The number of aromatic nitrogens is 1. The molecular weight excluding hydrogens is 384 g/mol. The van der Waals surface area contributed by atoms with Gasteiger partial charge < -0.3 is 5.32 Å². The summed E-state index contributed by atoms with van der Waals surface area (Å²) in [7, 11) is 0. The zero-order chi connectivity index (χ0) is 18.5. The first-order chi connectivity index (χ1) is 12.5. The average Bonchev–Trinajstić information content (AvgIpc) is 3.05. The molecule has 1 heterocycles. The van der Waals surface area contributed by atoms with Gasteiger partial charge in [-0.05, 0) is 55.4 Å². The van der Waals surface area contributed by atoms with Crippen LogP contribution in [0.4, 0.5) is 5.69 Å². The fourth-order valence-corrected chi connectivity index (χ4v) is 4.27. The lowest BCUT2D eigenvalue weighted by molar-refractivity contribution is -0.119. The number of hydrogen-bond acceptors (Lipinski definition) is 5. The van der Waals surface area contributed by atoms with Gasteiger partial charge in [-0.3, -0.25) is 15.6 Å². The predicted octanol–water partition coefficient (Wildman–Crippen LogP) is 4.02. The van der Waals surface area contributed by atoms with E-state index in [1.54, 1.807) is 11.3 Å². The van der Waals surface area contributed by atoms with Crippen LogP contribution in [-0.4, -0.2) is 21.8 Å². The number of carbonyl (C=O) groups is 1. The van der Waals surface area contributed by atoms with E-state index in [4.69, 9.17) is 12.2 Å². The lowest BCUT2D eigenvalue weighted by atomic mass is 10.1. The van der Waals surface area contributed by atoms with Crippen LogP contribution in [0, 0.1) is 13.8 Å². The molecule has 8 heteroatoms. The molecule has 0 aliphatic heterocycles. The molecule has 134 valence electrons. The monoisotopic (exact) mass is 402 g/mol. The second kappa shape index (κ2) is 8.48. The van der Waals surface area contributed by atoms with Crippen LogP contribution in [-0.2, 0) is 4.79 Å². The first kappa shape index (κ1) is 18.6. The van der Waals surface area contributed by atoms with Crippen molar-refractivity contribution in [3.05, 3.63) is 53.6 Å². The van der Waals surface area contributed by atoms with E-state index in [1.807, 2.05) is 56.3 Å². The maximum atomic E-state index is 12.0. The third kappa shape index (κ3) is 4.72. The van der Waals surface area contributed by atoms with Crippen molar-refractivity contribution in [3.8, 4) is 0 Å². The van der Waals surface area contributed by atoms with E-state index in [9.17, 15) is 4.79 Å².